The zero-order valence-electron chi connectivity index (χ0n) is 29.3. The van der Waals surface area contributed by atoms with Gasteiger partial charge in [0.25, 0.3) is 0 Å². The summed E-state index contributed by atoms with van der Waals surface area (Å²) in [6.07, 6.45) is 0. The molecule has 0 bridgehead atoms. The summed E-state index contributed by atoms with van der Waals surface area (Å²) in [6, 6.07) is 69.0. The van der Waals surface area contributed by atoms with Crippen LogP contribution in [-0.4, -0.2) is 9.97 Å². The Bertz CT molecular complexity index is 2790. The Morgan fingerprint density at radius 3 is 1.50 bits per heavy atom. The maximum atomic E-state index is 6.85. The number of fused-ring (bicyclic) bond motifs is 10. The Labute approximate surface area is 313 Å². The van der Waals surface area contributed by atoms with Crippen LogP contribution in [0.25, 0.3) is 66.9 Å². The lowest BCUT2D eigenvalue weighted by Gasteiger charge is -2.40. The Morgan fingerprint density at radius 2 is 0.833 bits per heavy atom. The van der Waals surface area contributed by atoms with Crippen LogP contribution in [-0.2, 0) is 5.41 Å². The van der Waals surface area contributed by atoms with Crippen molar-refractivity contribution in [1.82, 2.24) is 9.97 Å². The minimum Gasteiger partial charge on any atom is -0.457 e. The molecule has 0 unspecified atom stereocenters. The van der Waals surface area contributed by atoms with Gasteiger partial charge < -0.3 is 4.74 Å². The average molecular weight is 689 g/mol. The van der Waals surface area contributed by atoms with Gasteiger partial charge in [-0.2, -0.15) is 0 Å². The Kier molecular flexibility index (Phi) is 6.77. The minimum atomic E-state index is -0.543. The summed E-state index contributed by atoms with van der Waals surface area (Å²) < 4.78 is 6.85. The number of ether oxygens (including phenoxy) is 1. The van der Waals surface area contributed by atoms with Crippen LogP contribution >= 0.6 is 0 Å². The molecule has 2 heterocycles. The van der Waals surface area contributed by atoms with Crippen LogP contribution in [0.3, 0.4) is 0 Å². The fraction of sp³-hybridized carbons (Fsp3) is 0.0196. The molecule has 0 saturated carbocycles. The quantitative estimate of drug-likeness (QED) is 0.185. The molecule has 0 amide bonds. The highest BCUT2D eigenvalue weighted by atomic mass is 16.5. The average Bonchev–Trinajstić information content (AvgIpc) is 3.54. The van der Waals surface area contributed by atoms with Gasteiger partial charge in [0.1, 0.15) is 11.5 Å². The Morgan fingerprint density at radius 1 is 0.333 bits per heavy atom. The highest BCUT2D eigenvalue weighted by molar-refractivity contribution is 5.93. The molecule has 11 rings (SSSR count). The number of aromatic nitrogens is 2. The van der Waals surface area contributed by atoms with Crippen molar-refractivity contribution in [3.63, 3.8) is 0 Å². The third kappa shape index (κ3) is 4.62. The maximum Gasteiger partial charge on any atom is 0.160 e. The molecule has 252 valence electrons. The number of hydrogen-bond donors (Lipinski definition) is 0. The van der Waals surface area contributed by atoms with Crippen LogP contribution in [0, 0.1) is 0 Å². The van der Waals surface area contributed by atoms with E-state index in [4.69, 9.17) is 14.7 Å². The van der Waals surface area contributed by atoms with Crippen LogP contribution in [0.15, 0.2) is 194 Å². The molecule has 0 saturated heterocycles. The number of rotatable bonds is 4. The summed E-state index contributed by atoms with van der Waals surface area (Å²) in [7, 11) is 0. The smallest absolute Gasteiger partial charge is 0.160 e. The Balaban J connectivity index is 1.07. The fourth-order valence-electron chi connectivity index (χ4n) is 8.67. The van der Waals surface area contributed by atoms with Crippen molar-refractivity contribution >= 4 is 10.8 Å². The standard InChI is InChI=1S/C51H32N2O/c1-3-13-34(14-4-1)46-32-47(53-50(52-46)36-15-5-2-6-16-36)35-25-23-33(24-26-35)39-27-28-48-44(30-39)51(45-29-37-17-7-8-18-38(37)31-49(45)54-48)42-21-11-9-19-40(42)41-20-10-12-22-43(41)51/h1-32H. The van der Waals surface area contributed by atoms with E-state index in [0.717, 1.165) is 56.3 Å². The first-order valence-corrected chi connectivity index (χ1v) is 18.4. The van der Waals surface area contributed by atoms with E-state index in [9.17, 15) is 0 Å². The predicted molar refractivity (Wildman–Crippen MR) is 219 cm³/mol. The summed E-state index contributed by atoms with van der Waals surface area (Å²) in [4.78, 5) is 10.0. The highest BCUT2D eigenvalue weighted by Crippen LogP contribution is 2.62. The third-order valence-electron chi connectivity index (χ3n) is 11.1. The molecule has 3 heteroatoms. The van der Waals surface area contributed by atoms with E-state index in [1.54, 1.807) is 0 Å². The van der Waals surface area contributed by atoms with Gasteiger partial charge in [0, 0.05) is 27.8 Å². The van der Waals surface area contributed by atoms with Crippen molar-refractivity contribution in [2.75, 3.05) is 0 Å². The first-order valence-electron chi connectivity index (χ1n) is 18.4. The molecular formula is C51H32N2O. The van der Waals surface area contributed by atoms with Gasteiger partial charge in [0.15, 0.2) is 5.82 Å². The molecule has 2 aliphatic rings. The molecular weight excluding hydrogens is 657 g/mol. The van der Waals surface area contributed by atoms with E-state index in [1.807, 2.05) is 36.4 Å². The van der Waals surface area contributed by atoms with Crippen molar-refractivity contribution in [3.8, 4) is 67.7 Å². The van der Waals surface area contributed by atoms with Gasteiger partial charge in [-0.1, -0.05) is 164 Å². The second kappa shape index (κ2) is 12.0. The molecule has 1 aliphatic heterocycles. The molecule has 8 aromatic carbocycles. The second-order valence-corrected chi connectivity index (χ2v) is 14.1. The van der Waals surface area contributed by atoms with E-state index < -0.39 is 5.41 Å². The van der Waals surface area contributed by atoms with Gasteiger partial charge in [0.2, 0.25) is 0 Å². The third-order valence-corrected chi connectivity index (χ3v) is 11.1. The molecule has 0 fully saturated rings. The minimum absolute atomic E-state index is 0.543. The van der Waals surface area contributed by atoms with Crippen molar-refractivity contribution in [3.05, 3.63) is 216 Å². The normalized spacial score (nSPS) is 13.1. The molecule has 0 atom stereocenters. The lowest BCUT2D eigenvalue weighted by molar-refractivity contribution is 0.437. The van der Waals surface area contributed by atoms with E-state index in [1.165, 1.54) is 38.6 Å². The highest BCUT2D eigenvalue weighted by Gasteiger charge is 2.51. The van der Waals surface area contributed by atoms with Crippen LogP contribution in [0.2, 0.25) is 0 Å². The van der Waals surface area contributed by atoms with Gasteiger partial charge >= 0.3 is 0 Å². The van der Waals surface area contributed by atoms with Gasteiger partial charge in [-0.25, -0.2) is 9.97 Å². The number of benzene rings is 8. The first-order chi connectivity index (χ1) is 26.7. The molecule has 0 N–H and O–H groups in total. The van der Waals surface area contributed by atoms with Crippen molar-refractivity contribution in [2.45, 2.75) is 5.41 Å². The van der Waals surface area contributed by atoms with E-state index in [-0.39, 0.29) is 0 Å². The maximum absolute atomic E-state index is 6.85. The summed E-state index contributed by atoms with van der Waals surface area (Å²) in [5.74, 6) is 2.49. The van der Waals surface area contributed by atoms with Gasteiger partial charge in [-0.15, -0.1) is 0 Å². The second-order valence-electron chi connectivity index (χ2n) is 14.1. The lowest BCUT2D eigenvalue weighted by Crippen LogP contribution is -2.32. The van der Waals surface area contributed by atoms with E-state index in [2.05, 4.69) is 158 Å². The topological polar surface area (TPSA) is 35.0 Å². The summed E-state index contributed by atoms with van der Waals surface area (Å²) in [5.41, 5.74) is 14.0. The predicted octanol–water partition coefficient (Wildman–Crippen LogP) is 12.8. The van der Waals surface area contributed by atoms with E-state index >= 15 is 0 Å². The first kappa shape index (κ1) is 30.5. The molecule has 1 aromatic heterocycles. The molecule has 3 nitrogen and oxygen atoms in total. The van der Waals surface area contributed by atoms with Gasteiger partial charge in [0.05, 0.1) is 16.8 Å². The molecule has 1 spiro atoms. The van der Waals surface area contributed by atoms with Crippen molar-refractivity contribution in [2.24, 2.45) is 0 Å². The SMILES string of the molecule is c1ccc(-c2cc(-c3ccc(-c4ccc5c(c4)C4(c6cc7ccccc7cc6O5)c5ccccc5-c5ccccc54)cc3)nc(-c3ccccc3)n2)cc1. The van der Waals surface area contributed by atoms with Crippen molar-refractivity contribution < 1.29 is 4.74 Å². The number of nitrogens with zero attached hydrogens (tertiary/aromatic N) is 2. The van der Waals surface area contributed by atoms with Crippen LogP contribution < -0.4 is 4.74 Å². The molecule has 0 radical (unpaired) electrons. The molecule has 9 aromatic rings. The largest absolute Gasteiger partial charge is 0.457 e. The summed E-state index contributed by atoms with van der Waals surface area (Å²) >= 11 is 0. The van der Waals surface area contributed by atoms with Gasteiger partial charge in [-0.3, -0.25) is 0 Å². The van der Waals surface area contributed by atoms with Crippen LogP contribution in [0.5, 0.6) is 11.5 Å². The van der Waals surface area contributed by atoms with Crippen LogP contribution in [0.1, 0.15) is 22.3 Å². The summed E-state index contributed by atoms with van der Waals surface area (Å²) in [6.45, 7) is 0. The molecule has 54 heavy (non-hydrogen) atoms. The zero-order chi connectivity index (χ0) is 35.6. The fourth-order valence-corrected chi connectivity index (χ4v) is 8.67. The monoisotopic (exact) mass is 688 g/mol. The summed E-state index contributed by atoms with van der Waals surface area (Å²) in [5, 5.41) is 2.37. The number of hydrogen-bond acceptors (Lipinski definition) is 3. The lowest BCUT2D eigenvalue weighted by atomic mass is 9.65. The van der Waals surface area contributed by atoms with E-state index in [0.29, 0.717) is 5.82 Å². The zero-order valence-corrected chi connectivity index (χ0v) is 29.3. The van der Waals surface area contributed by atoms with Crippen molar-refractivity contribution in [1.29, 1.82) is 0 Å². The molecule has 1 aliphatic carbocycles. The van der Waals surface area contributed by atoms with Crippen LogP contribution in [0.4, 0.5) is 0 Å². The van der Waals surface area contributed by atoms with Gasteiger partial charge in [-0.05, 0) is 74.5 Å². The Hall–Kier alpha value is -7.10.